The van der Waals surface area contributed by atoms with Crippen LogP contribution in [0.2, 0.25) is 0 Å². The number of piperidine rings is 1. The summed E-state index contributed by atoms with van der Waals surface area (Å²) >= 11 is 0. The standard InChI is InChI=1S/C20H27FN2O/c1-22(14-19-9-12-24-16-19)13-18-3-2-10-23(15-18)11-8-17-4-6-20(21)7-5-17/h4-7,9,12,16,18H,2-3,8,10-11,13-15H2,1H3/t18-/m1/s1. The summed E-state index contributed by atoms with van der Waals surface area (Å²) in [5.74, 6) is 0.571. The normalized spacial score (nSPS) is 19.0. The summed E-state index contributed by atoms with van der Waals surface area (Å²) < 4.78 is 18.1. The third-order valence-corrected chi connectivity index (χ3v) is 4.84. The molecule has 3 rings (SSSR count). The van der Waals surface area contributed by atoms with Gasteiger partial charge in [0.05, 0.1) is 12.5 Å². The topological polar surface area (TPSA) is 19.6 Å². The van der Waals surface area contributed by atoms with E-state index in [1.54, 1.807) is 18.4 Å². The maximum Gasteiger partial charge on any atom is 0.123 e. The molecule has 0 spiro atoms. The Morgan fingerprint density at radius 3 is 2.79 bits per heavy atom. The van der Waals surface area contributed by atoms with Crippen LogP contribution in [0.5, 0.6) is 0 Å². The second-order valence-corrected chi connectivity index (χ2v) is 7.01. The number of hydrogen-bond acceptors (Lipinski definition) is 3. The molecule has 0 unspecified atom stereocenters. The summed E-state index contributed by atoms with van der Waals surface area (Å²) in [6.07, 6.45) is 7.14. The van der Waals surface area contributed by atoms with E-state index in [0.29, 0.717) is 0 Å². The molecule has 24 heavy (non-hydrogen) atoms. The molecule has 4 heteroatoms. The highest BCUT2D eigenvalue weighted by Crippen LogP contribution is 2.19. The third-order valence-electron chi connectivity index (χ3n) is 4.84. The number of likely N-dealkylation sites (tertiary alicyclic amines) is 1. The SMILES string of the molecule is CN(Cc1ccoc1)C[C@H]1CCCN(CCc2ccc(F)cc2)C1. The minimum atomic E-state index is -0.155. The van der Waals surface area contributed by atoms with E-state index in [1.165, 1.54) is 30.5 Å². The molecule has 0 aliphatic carbocycles. The van der Waals surface area contributed by atoms with E-state index in [2.05, 4.69) is 16.8 Å². The maximum absolute atomic E-state index is 13.0. The van der Waals surface area contributed by atoms with Gasteiger partial charge in [-0.3, -0.25) is 0 Å². The summed E-state index contributed by atoms with van der Waals surface area (Å²) in [5, 5.41) is 0. The van der Waals surface area contributed by atoms with E-state index in [4.69, 9.17) is 4.42 Å². The Morgan fingerprint density at radius 2 is 2.04 bits per heavy atom. The van der Waals surface area contributed by atoms with Crippen LogP contribution in [0, 0.1) is 11.7 Å². The number of halogens is 1. The molecule has 1 atom stereocenters. The van der Waals surface area contributed by atoms with Gasteiger partial charge in [0.1, 0.15) is 5.82 Å². The molecular formula is C20H27FN2O. The monoisotopic (exact) mass is 330 g/mol. The first-order chi connectivity index (χ1) is 11.7. The summed E-state index contributed by atoms with van der Waals surface area (Å²) in [5.41, 5.74) is 2.46. The van der Waals surface area contributed by atoms with Crippen LogP contribution in [-0.4, -0.2) is 43.0 Å². The van der Waals surface area contributed by atoms with Crippen molar-refractivity contribution in [2.24, 2.45) is 5.92 Å². The highest BCUT2D eigenvalue weighted by atomic mass is 19.1. The fourth-order valence-electron chi connectivity index (χ4n) is 3.64. The van der Waals surface area contributed by atoms with Crippen molar-refractivity contribution in [1.29, 1.82) is 0 Å². The van der Waals surface area contributed by atoms with Crippen molar-refractivity contribution in [3.8, 4) is 0 Å². The largest absolute Gasteiger partial charge is 0.472 e. The van der Waals surface area contributed by atoms with E-state index >= 15 is 0 Å². The van der Waals surface area contributed by atoms with Crippen LogP contribution in [0.25, 0.3) is 0 Å². The fraction of sp³-hybridized carbons (Fsp3) is 0.500. The summed E-state index contributed by atoms with van der Waals surface area (Å²) in [6, 6.07) is 8.94. The molecule has 2 heterocycles. The first kappa shape index (κ1) is 17.2. The van der Waals surface area contributed by atoms with Gasteiger partial charge < -0.3 is 14.2 Å². The van der Waals surface area contributed by atoms with Crippen LogP contribution in [0.1, 0.15) is 24.0 Å². The number of rotatable bonds is 7. The lowest BCUT2D eigenvalue weighted by Gasteiger charge is -2.34. The number of benzene rings is 1. The van der Waals surface area contributed by atoms with E-state index in [-0.39, 0.29) is 5.82 Å². The summed E-state index contributed by atoms with van der Waals surface area (Å²) in [7, 11) is 2.18. The lowest BCUT2D eigenvalue weighted by Crippen LogP contribution is -2.40. The molecule has 1 saturated heterocycles. The van der Waals surface area contributed by atoms with Crippen molar-refractivity contribution in [2.75, 3.05) is 33.2 Å². The molecule has 0 amide bonds. The Hall–Kier alpha value is -1.65. The zero-order chi connectivity index (χ0) is 16.8. The predicted octanol–water partition coefficient (Wildman–Crippen LogP) is 3.81. The Balaban J connectivity index is 1.42. The molecule has 3 nitrogen and oxygen atoms in total. The smallest absolute Gasteiger partial charge is 0.123 e. The van der Waals surface area contributed by atoms with Gasteiger partial charge in [-0.2, -0.15) is 0 Å². The minimum Gasteiger partial charge on any atom is -0.472 e. The van der Waals surface area contributed by atoms with Crippen molar-refractivity contribution in [1.82, 2.24) is 9.80 Å². The Bertz CT molecular complexity index is 597. The fourth-order valence-corrected chi connectivity index (χ4v) is 3.64. The van der Waals surface area contributed by atoms with Crippen molar-refractivity contribution in [3.63, 3.8) is 0 Å². The predicted molar refractivity (Wildman–Crippen MR) is 94.3 cm³/mol. The van der Waals surface area contributed by atoms with Crippen molar-refractivity contribution in [2.45, 2.75) is 25.8 Å². The zero-order valence-corrected chi connectivity index (χ0v) is 14.5. The minimum absolute atomic E-state index is 0.155. The van der Waals surface area contributed by atoms with Crippen LogP contribution in [0.15, 0.2) is 47.3 Å². The van der Waals surface area contributed by atoms with Gasteiger partial charge in [-0.25, -0.2) is 4.39 Å². The molecule has 1 aliphatic rings. The number of hydrogen-bond donors (Lipinski definition) is 0. The highest BCUT2D eigenvalue weighted by Gasteiger charge is 2.21. The van der Waals surface area contributed by atoms with Crippen LogP contribution < -0.4 is 0 Å². The van der Waals surface area contributed by atoms with Crippen molar-refractivity contribution in [3.05, 3.63) is 59.8 Å². The summed E-state index contributed by atoms with van der Waals surface area (Å²) in [4.78, 5) is 4.95. The first-order valence-corrected chi connectivity index (χ1v) is 8.85. The Labute approximate surface area is 144 Å². The van der Waals surface area contributed by atoms with Gasteiger partial charge in [-0.15, -0.1) is 0 Å². The molecule has 130 valence electrons. The van der Waals surface area contributed by atoms with E-state index < -0.39 is 0 Å². The second-order valence-electron chi connectivity index (χ2n) is 7.01. The molecule has 1 fully saturated rings. The van der Waals surface area contributed by atoms with Crippen LogP contribution >= 0.6 is 0 Å². The van der Waals surface area contributed by atoms with Crippen LogP contribution in [0.4, 0.5) is 4.39 Å². The molecule has 0 saturated carbocycles. The lowest BCUT2D eigenvalue weighted by molar-refractivity contribution is 0.142. The van der Waals surface area contributed by atoms with Crippen LogP contribution in [0.3, 0.4) is 0 Å². The van der Waals surface area contributed by atoms with E-state index in [0.717, 1.165) is 38.5 Å². The van der Waals surface area contributed by atoms with Crippen molar-refractivity contribution < 1.29 is 8.81 Å². The van der Waals surface area contributed by atoms with E-state index in [9.17, 15) is 4.39 Å². The summed E-state index contributed by atoms with van der Waals surface area (Å²) in [6.45, 7) is 5.48. The molecule has 2 aromatic rings. The maximum atomic E-state index is 13.0. The average Bonchev–Trinajstić information content (AvgIpc) is 3.07. The van der Waals surface area contributed by atoms with Crippen LogP contribution in [-0.2, 0) is 13.0 Å². The van der Waals surface area contributed by atoms with Gasteiger partial charge in [0.15, 0.2) is 0 Å². The van der Waals surface area contributed by atoms with Gasteiger partial charge in [0.25, 0.3) is 0 Å². The molecule has 0 radical (unpaired) electrons. The number of nitrogens with zero attached hydrogens (tertiary/aromatic N) is 2. The Kier molecular flexibility index (Phi) is 6.05. The van der Waals surface area contributed by atoms with Crippen molar-refractivity contribution >= 4 is 0 Å². The first-order valence-electron chi connectivity index (χ1n) is 8.85. The third kappa shape index (κ3) is 5.18. The van der Waals surface area contributed by atoms with Gasteiger partial charge >= 0.3 is 0 Å². The Morgan fingerprint density at radius 1 is 1.21 bits per heavy atom. The molecule has 0 N–H and O–H groups in total. The average molecular weight is 330 g/mol. The molecule has 0 bridgehead atoms. The van der Waals surface area contributed by atoms with Gasteiger partial charge in [0.2, 0.25) is 0 Å². The zero-order valence-electron chi connectivity index (χ0n) is 14.5. The highest BCUT2D eigenvalue weighted by molar-refractivity contribution is 5.16. The molecular weight excluding hydrogens is 303 g/mol. The quantitative estimate of drug-likeness (QED) is 0.770. The van der Waals surface area contributed by atoms with Gasteiger partial charge in [-0.05, 0) is 62.5 Å². The van der Waals surface area contributed by atoms with Gasteiger partial charge in [-0.1, -0.05) is 12.1 Å². The van der Waals surface area contributed by atoms with E-state index in [1.807, 2.05) is 24.5 Å². The van der Waals surface area contributed by atoms with Gasteiger partial charge in [0, 0.05) is 31.7 Å². The molecule has 1 aromatic heterocycles. The molecule has 1 aliphatic heterocycles. The molecule has 1 aromatic carbocycles. The number of furan rings is 1. The lowest BCUT2D eigenvalue weighted by atomic mass is 9.97. The second kappa shape index (κ2) is 8.45.